The second kappa shape index (κ2) is 6.60. The van der Waals surface area contributed by atoms with E-state index in [-0.39, 0.29) is 6.04 Å². The zero-order valence-electron chi connectivity index (χ0n) is 14.4. The second-order valence-corrected chi connectivity index (χ2v) is 6.56. The number of aromatic nitrogens is 3. The highest BCUT2D eigenvalue weighted by Crippen LogP contribution is 2.35. The maximum Gasteiger partial charge on any atom is 0.162 e. The van der Waals surface area contributed by atoms with Crippen LogP contribution in [0.15, 0.2) is 17.5 Å². The normalized spacial score (nSPS) is 12.2. The number of nitrogens with one attached hydrogen (secondary N) is 1. The van der Waals surface area contributed by atoms with Crippen LogP contribution in [0.2, 0.25) is 0 Å². The van der Waals surface area contributed by atoms with Crippen molar-refractivity contribution in [3.63, 3.8) is 0 Å². The van der Waals surface area contributed by atoms with Gasteiger partial charge in [0.25, 0.3) is 0 Å². The predicted molar refractivity (Wildman–Crippen MR) is 96.3 cm³/mol. The molecule has 3 rings (SSSR count). The summed E-state index contributed by atoms with van der Waals surface area (Å²) < 4.78 is 10.8. The topological polar surface area (TPSA) is 69.2 Å². The highest BCUT2D eigenvalue weighted by Gasteiger charge is 2.15. The van der Waals surface area contributed by atoms with Crippen LogP contribution in [0.3, 0.4) is 0 Å². The number of methoxy groups -OCH3 is 2. The van der Waals surface area contributed by atoms with Crippen molar-refractivity contribution in [3.8, 4) is 11.5 Å². The maximum absolute atomic E-state index is 5.40. The van der Waals surface area contributed by atoms with E-state index in [9.17, 15) is 0 Å². The van der Waals surface area contributed by atoms with Crippen LogP contribution in [0.5, 0.6) is 11.5 Å². The molecule has 6 nitrogen and oxygen atoms in total. The number of nitrogens with zero attached hydrogens (tertiary/aromatic N) is 3. The Hall–Kier alpha value is -2.41. The lowest BCUT2D eigenvalue weighted by molar-refractivity contribution is 0.356. The summed E-state index contributed by atoms with van der Waals surface area (Å²) in [5.41, 5.74) is 1.81. The lowest BCUT2D eigenvalue weighted by Crippen LogP contribution is -2.10. The van der Waals surface area contributed by atoms with Crippen molar-refractivity contribution in [3.05, 3.63) is 34.0 Å². The van der Waals surface area contributed by atoms with Gasteiger partial charge < -0.3 is 14.8 Å². The van der Waals surface area contributed by atoms with E-state index in [4.69, 9.17) is 9.47 Å². The Bertz CT molecular complexity index is 878. The summed E-state index contributed by atoms with van der Waals surface area (Å²) in [6, 6.07) is 3.81. The van der Waals surface area contributed by atoms with E-state index in [0.717, 1.165) is 27.4 Å². The monoisotopic (exact) mass is 344 g/mol. The molecule has 1 aromatic carbocycles. The molecular formula is C17H20N4O2S. The van der Waals surface area contributed by atoms with Crippen molar-refractivity contribution >= 4 is 28.1 Å². The van der Waals surface area contributed by atoms with E-state index < -0.39 is 0 Å². The Balaban J connectivity index is 2.06. The number of aryl methyl sites for hydroxylation is 2. The van der Waals surface area contributed by atoms with Crippen molar-refractivity contribution in [2.24, 2.45) is 0 Å². The van der Waals surface area contributed by atoms with Gasteiger partial charge >= 0.3 is 0 Å². The van der Waals surface area contributed by atoms with Gasteiger partial charge in [-0.25, -0.2) is 15.0 Å². The number of rotatable bonds is 5. The molecule has 0 saturated carbocycles. The molecule has 0 radical (unpaired) electrons. The molecule has 1 N–H and O–H groups in total. The molecule has 24 heavy (non-hydrogen) atoms. The minimum absolute atomic E-state index is 0.0422. The van der Waals surface area contributed by atoms with Gasteiger partial charge in [-0.1, -0.05) is 0 Å². The Morgan fingerprint density at radius 1 is 1.04 bits per heavy atom. The molecule has 0 spiro atoms. The zero-order chi connectivity index (χ0) is 17.3. The van der Waals surface area contributed by atoms with Gasteiger partial charge in [0.2, 0.25) is 0 Å². The molecule has 2 heterocycles. The number of fused-ring (bicyclic) bond motifs is 1. The van der Waals surface area contributed by atoms with Gasteiger partial charge in [0.15, 0.2) is 11.5 Å². The van der Waals surface area contributed by atoms with Gasteiger partial charge in [-0.05, 0) is 26.8 Å². The largest absolute Gasteiger partial charge is 0.493 e. The van der Waals surface area contributed by atoms with E-state index in [1.165, 1.54) is 0 Å². The fourth-order valence-electron chi connectivity index (χ4n) is 2.54. The van der Waals surface area contributed by atoms with Gasteiger partial charge in [0, 0.05) is 16.8 Å². The number of anilines is 1. The van der Waals surface area contributed by atoms with E-state index in [1.807, 2.05) is 26.0 Å². The Kier molecular flexibility index (Phi) is 4.53. The first-order valence-corrected chi connectivity index (χ1v) is 8.48. The average molecular weight is 344 g/mol. The average Bonchev–Trinajstić information content (AvgIpc) is 3.00. The maximum atomic E-state index is 5.40. The van der Waals surface area contributed by atoms with Crippen LogP contribution in [0, 0.1) is 13.8 Å². The predicted octanol–water partition coefficient (Wildman–Crippen LogP) is 3.89. The minimum Gasteiger partial charge on any atom is -0.493 e. The van der Waals surface area contributed by atoms with E-state index >= 15 is 0 Å². The summed E-state index contributed by atoms with van der Waals surface area (Å²) in [5, 5.41) is 7.44. The number of ether oxygens (including phenoxy) is 2. The van der Waals surface area contributed by atoms with Crippen molar-refractivity contribution in [1.29, 1.82) is 0 Å². The molecule has 0 aliphatic heterocycles. The molecule has 126 valence electrons. The molecule has 0 saturated heterocycles. The van der Waals surface area contributed by atoms with Crippen molar-refractivity contribution in [1.82, 2.24) is 15.0 Å². The van der Waals surface area contributed by atoms with Crippen molar-refractivity contribution < 1.29 is 9.47 Å². The molecule has 3 aromatic rings. The van der Waals surface area contributed by atoms with Gasteiger partial charge in [-0.3, -0.25) is 0 Å². The van der Waals surface area contributed by atoms with Crippen LogP contribution in [-0.4, -0.2) is 29.2 Å². The summed E-state index contributed by atoms with van der Waals surface area (Å²) in [6.07, 6.45) is 0. The molecule has 0 aliphatic carbocycles. The third-order valence-corrected chi connectivity index (χ3v) is 4.54. The first kappa shape index (κ1) is 16.4. The number of hydrogen-bond acceptors (Lipinski definition) is 7. The smallest absolute Gasteiger partial charge is 0.162 e. The van der Waals surface area contributed by atoms with Gasteiger partial charge in [-0.15, -0.1) is 11.3 Å². The molecule has 0 aliphatic rings. The first-order chi connectivity index (χ1) is 11.5. The lowest BCUT2D eigenvalue weighted by atomic mass is 10.2. The Labute approximate surface area is 144 Å². The third kappa shape index (κ3) is 3.12. The zero-order valence-corrected chi connectivity index (χ0v) is 15.2. The minimum atomic E-state index is 0.0422. The lowest BCUT2D eigenvalue weighted by Gasteiger charge is -2.16. The van der Waals surface area contributed by atoms with E-state index in [1.54, 1.807) is 25.6 Å². The summed E-state index contributed by atoms with van der Waals surface area (Å²) in [6.45, 7) is 5.94. The molecule has 1 unspecified atom stereocenters. The molecule has 0 amide bonds. The van der Waals surface area contributed by atoms with Crippen molar-refractivity contribution in [2.75, 3.05) is 19.5 Å². The van der Waals surface area contributed by atoms with E-state index in [0.29, 0.717) is 17.3 Å². The summed E-state index contributed by atoms with van der Waals surface area (Å²) in [7, 11) is 3.23. The molecule has 7 heteroatoms. The number of thiazole rings is 1. The van der Waals surface area contributed by atoms with Gasteiger partial charge in [0.1, 0.15) is 11.6 Å². The van der Waals surface area contributed by atoms with Crippen LogP contribution in [-0.2, 0) is 0 Å². The molecular weight excluding hydrogens is 324 g/mol. The fraction of sp³-hybridized carbons (Fsp3) is 0.353. The molecule has 0 fully saturated rings. The summed E-state index contributed by atoms with van der Waals surface area (Å²) in [5.74, 6) is 2.75. The van der Waals surface area contributed by atoms with Gasteiger partial charge in [-0.2, -0.15) is 0 Å². The Morgan fingerprint density at radius 3 is 2.38 bits per heavy atom. The van der Waals surface area contributed by atoms with Crippen LogP contribution in [0.1, 0.15) is 29.5 Å². The summed E-state index contributed by atoms with van der Waals surface area (Å²) in [4.78, 5) is 13.6. The molecule has 2 aromatic heterocycles. The standard InChI is InChI=1S/C17H20N4O2S/c1-9(14-8-24-11(3)21-14)18-17-12-6-15(22-4)16(23-5)7-13(12)19-10(2)20-17/h6-9H,1-5H3,(H,18,19,20). The SMILES string of the molecule is COc1cc2nc(C)nc(NC(C)c3csc(C)n3)c2cc1OC. The van der Waals surface area contributed by atoms with Crippen LogP contribution in [0.4, 0.5) is 5.82 Å². The van der Waals surface area contributed by atoms with Gasteiger partial charge in [0.05, 0.1) is 36.5 Å². The molecule has 0 bridgehead atoms. The fourth-order valence-corrected chi connectivity index (χ4v) is 3.25. The second-order valence-electron chi connectivity index (χ2n) is 5.50. The van der Waals surface area contributed by atoms with E-state index in [2.05, 4.69) is 32.6 Å². The Morgan fingerprint density at radius 2 is 1.75 bits per heavy atom. The summed E-state index contributed by atoms with van der Waals surface area (Å²) >= 11 is 1.64. The quantitative estimate of drug-likeness (QED) is 0.757. The first-order valence-electron chi connectivity index (χ1n) is 7.60. The number of hydrogen-bond donors (Lipinski definition) is 1. The van der Waals surface area contributed by atoms with Crippen LogP contribution >= 0.6 is 11.3 Å². The highest BCUT2D eigenvalue weighted by molar-refractivity contribution is 7.09. The highest BCUT2D eigenvalue weighted by atomic mass is 32.1. The van der Waals surface area contributed by atoms with Crippen molar-refractivity contribution in [2.45, 2.75) is 26.8 Å². The van der Waals surface area contributed by atoms with Crippen LogP contribution < -0.4 is 14.8 Å². The number of benzene rings is 1. The van der Waals surface area contributed by atoms with Crippen LogP contribution in [0.25, 0.3) is 10.9 Å². The third-order valence-electron chi connectivity index (χ3n) is 3.75. The molecule has 1 atom stereocenters.